The molecule has 154 valence electrons. The van der Waals surface area contributed by atoms with Crippen LogP contribution in [0, 0.1) is 0 Å². The third-order valence-corrected chi connectivity index (χ3v) is 7.01. The second-order valence-electron chi connectivity index (χ2n) is 8.06. The Hall–Kier alpha value is -1.67. The lowest BCUT2D eigenvalue weighted by atomic mass is 10.1. The minimum Gasteiger partial charge on any atom is -0.342 e. The van der Waals surface area contributed by atoms with E-state index in [2.05, 4.69) is 14.8 Å². The van der Waals surface area contributed by atoms with Gasteiger partial charge in [-0.3, -0.25) is 14.5 Å². The Balaban J connectivity index is 1.26. The van der Waals surface area contributed by atoms with Crippen molar-refractivity contribution in [3.8, 4) is 0 Å². The molecule has 0 saturated carbocycles. The van der Waals surface area contributed by atoms with E-state index in [1.165, 1.54) is 12.8 Å². The number of hydrogen-bond acceptors (Lipinski definition) is 6. The van der Waals surface area contributed by atoms with Crippen LogP contribution < -0.4 is 4.90 Å². The molecule has 8 heteroatoms. The summed E-state index contributed by atoms with van der Waals surface area (Å²) in [5, 5.41) is 2.92. The lowest BCUT2D eigenvalue weighted by Crippen LogP contribution is -2.55. The number of anilines is 1. The molecular formula is C20H31N5O2S. The van der Waals surface area contributed by atoms with Crippen molar-refractivity contribution < 1.29 is 9.59 Å². The normalized spacial score (nSPS) is 24.4. The second kappa shape index (κ2) is 9.22. The summed E-state index contributed by atoms with van der Waals surface area (Å²) >= 11 is 1.60. The topological polar surface area (TPSA) is 60.0 Å². The van der Waals surface area contributed by atoms with Crippen LogP contribution in [0.25, 0.3) is 0 Å². The van der Waals surface area contributed by atoms with Gasteiger partial charge >= 0.3 is 0 Å². The van der Waals surface area contributed by atoms with Gasteiger partial charge in [-0.25, -0.2) is 4.98 Å². The number of amides is 2. The molecule has 1 atom stereocenters. The van der Waals surface area contributed by atoms with Gasteiger partial charge in [0, 0.05) is 57.4 Å². The van der Waals surface area contributed by atoms with Gasteiger partial charge < -0.3 is 14.7 Å². The third-order valence-electron chi connectivity index (χ3n) is 6.20. The van der Waals surface area contributed by atoms with Crippen LogP contribution in [0.5, 0.6) is 0 Å². The highest BCUT2D eigenvalue weighted by Gasteiger charge is 2.36. The third kappa shape index (κ3) is 4.49. The molecule has 3 aliphatic rings. The van der Waals surface area contributed by atoms with E-state index >= 15 is 0 Å². The second-order valence-corrected chi connectivity index (χ2v) is 8.94. The summed E-state index contributed by atoms with van der Waals surface area (Å²) in [6, 6.07) is -0.0727. The van der Waals surface area contributed by atoms with Crippen LogP contribution in [-0.2, 0) is 9.59 Å². The van der Waals surface area contributed by atoms with Crippen LogP contribution in [0.15, 0.2) is 11.6 Å². The molecule has 1 aromatic heterocycles. The maximum atomic E-state index is 13.1. The van der Waals surface area contributed by atoms with Crippen molar-refractivity contribution in [1.29, 1.82) is 0 Å². The molecule has 28 heavy (non-hydrogen) atoms. The molecule has 0 spiro atoms. The zero-order chi connectivity index (χ0) is 19.3. The summed E-state index contributed by atoms with van der Waals surface area (Å²) in [7, 11) is 0. The summed E-state index contributed by atoms with van der Waals surface area (Å²) in [6.07, 6.45) is 8.50. The van der Waals surface area contributed by atoms with Crippen LogP contribution >= 0.6 is 11.3 Å². The number of thiazole rings is 1. The molecule has 4 heterocycles. The molecule has 0 aromatic carbocycles. The molecule has 0 N–H and O–H groups in total. The van der Waals surface area contributed by atoms with Gasteiger partial charge in [0.15, 0.2) is 5.13 Å². The maximum Gasteiger partial charge on any atom is 0.245 e. The van der Waals surface area contributed by atoms with E-state index in [0.29, 0.717) is 19.6 Å². The first kappa shape index (κ1) is 19.6. The van der Waals surface area contributed by atoms with Gasteiger partial charge in [0.05, 0.1) is 6.54 Å². The number of carbonyl (C=O) groups is 2. The summed E-state index contributed by atoms with van der Waals surface area (Å²) in [6.45, 7) is 6.23. The molecule has 3 aliphatic heterocycles. The van der Waals surface area contributed by atoms with Crippen LogP contribution in [0.3, 0.4) is 0 Å². The number of piperazine rings is 1. The number of likely N-dealkylation sites (tertiary alicyclic amines) is 1. The van der Waals surface area contributed by atoms with Crippen molar-refractivity contribution in [2.75, 3.05) is 57.3 Å². The first-order valence-corrected chi connectivity index (χ1v) is 11.6. The van der Waals surface area contributed by atoms with E-state index in [-0.39, 0.29) is 17.9 Å². The molecule has 0 radical (unpaired) electrons. The summed E-state index contributed by atoms with van der Waals surface area (Å²) in [5.41, 5.74) is 0. The van der Waals surface area contributed by atoms with E-state index in [1.54, 1.807) is 17.5 Å². The summed E-state index contributed by atoms with van der Waals surface area (Å²) in [4.78, 5) is 38.5. The van der Waals surface area contributed by atoms with Crippen molar-refractivity contribution in [3.63, 3.8) is 0 Å². The zero-order valence-electron chi connectivity index (χ0n) is 16.6. The predicted octanol–water partition coefficient (Wildman–Crippen LogP) is 1.66. The minimum atomic E-state index is -0.0727. The highest BCUT2D eigenvalue weighted by Crippen LogP contribution is 2.28. The number of carbonyl (C=O) groups excluding carboxylic acids is 2. The Bertz CT molecular complexity index is 652. The molecule has 3 fully saturated rings. The average molecular weight is 406 g/mol. The molecule has 1 unspecified atom stereocenters. The fraction of sp³-hybridized carbons (Fsp3) is 0.750. The van der Waals surface area contributed by atoms with Crippen molar-refractivity contribution in [2.45, 2.75) is 44.6 Å². The molecule has 1 aromatic rings. The van der Waals surface area contributed by atoms with E-state index < -0.39 is 0 Å². The highest BCUT2D eigenvalue weighted by atomic mass is 32.1. The largest absolute Gasteiger partial charge is 0.342 e. The van der Waals surface area contributed by atoms with Crippen LogP contribution in [-0.4, -0.2) is 89.9 Å². The quantitative estimate of drug-likeness (QED) is 0.763. The fourth-order valence-electron chi connectivity index (χ4n) is 4.56. The first-order chi connectivity index (χ1) is 13.7. The zero-order valence-corrected chi connectivity index (χ0v) is 17.4. The Labute approximate surface area is 171 Å². The first-order valence-electron chi connectivity index (χ1n) is 10.7. The molecule has 0 aliphatic carbocycles. The minimum absolute atomic E-state index is 0.0727. The van der Waals surface area contributed by atoms with Gasteiger partial charge in [-0.1, -0.05) is 12.8 Å². The summed E-state index contributed by atoms with van der Waals surface area (Å²) in [5.74, 6) is 0.485. The smallest absolute Gasteiger partial charge is 0.245 e. The van der Waals surface area contributed by atoms with Crippen molar-refractivity contribution >= 4 is 28.3 Å². The van der Waals surface area contributed by atoms with Gasteiger partial charge in [0.25, 0.3) is 0 Å². The molecule has 3 saturated heterocycles. The predicted molar refractivity (Wildman–Crippen MR) is 111 cm³/mol. The van der Waals surface area contributed by atoms with Crippen molar-refractivity contribution in [3.05, 3.63) is 11.6 Å². The van der Waals surface area contributed by atoms with Gasteiger partial charge in [-0.05, 0) is 25.7 Å². The number of rotatable bonds is 4. The van der Waals surface area contributed by atoms with Gasteiger partial charge in [-0.2, -0.15) is 0 Å². The number of aromatic nitrogens is 1. The molecular weight excluding hydrogens is 374 g/mol. The standard InChI is InChI=1S/C20H31N5O2S/c26-18(23-8-3-1-2-4-9-23)16-22-11-13-24(14-12-22)19(27)17-6-5-10-25(17)20-21-7-15-28-20/h7,15,17H,1-6,8-14,16H2. The average Bonchev–Trinajstić information content (AvgIpc) is 3.34. The molecule has 4 rings (SSSR count). The van der Waals surface area contributed by atoms with Crippen molar-refractivity contribution in [1.82, 2.24) is 19.7 Å². The SMILES string of the molecule is O=C(CN1CCN(C(=O)C2CCCN2c2nccs2)CC1)N1CCCCCC1. The number of nitrogens with zero attached hydrogens (tertiary/aromatic N) is 5. The van der Waals surface area contributed by atoms with E-state index in [9.17, 15) is 9.59 Å². The lowest BCUT2D eigenvalue weighted by Gasteiger charge is -2.37. The Morgan fingerprint density at radius 3 is 2.36 bits per heavy atom. The fourth-order valence-corrected chi connectivity index (χ4v) is 5.28. The van der Waals surface area contributed by atoms with E-state index in [1.807, 2.05) is 15.2 Å². The van der Waals surface area contributed by atoms with Crippen LogP contribution in [0.1, 0.15) is 38.5 Å². The number of hydrogen-bond donors (Lipinski definition) is 0. The maximum absolute atomic E-state index is 13.1. The van der Waals surface area contributed by atoms with Gasteiger partial charge in [0.2, 0.25) is 11.8 Å². The van der Waals surface area contributed by atoms with Crippen LogP contribution in [0.4, 0.5) is 5.13 Å². The Kier molecular flexibility index (Phi) is 6.47. The molecule has 0 bridgehead atoms. The Morgan fingerprint density at radius 2 is 1.68 bits per heavy atom. The van der Waals surface area contributed by atoms with E-state index in [4.69, 9.17) is 0 Å². The van der Waals surface area contributed by atoms with E-state index in [0.717, 1.165) is 63.5 Å². The summed E-state index contributed by atoms with van der Waals surface area (Å²) < 4.78 is 0. The van der Waals surface area contributed by atoms with Gasteiger partial charge in [0.1, 0.15) is 6.04 Å². The van der Waals surface area contributed by atoms with Crippen molar-refractivity contribution in [2.24, 2.45) is 0 Å². The molecule has 2 amide bonds. The Morgan fingerprint density at radius 1 is 0.929 bits per heavy atom. The molecule has 7 nitrogen and oxygen atoms in total. The lowest BCUT2D eigenvalue weighted by molar-refractivity contribution is -0.135. The monoisotopic (exact) mass is 405 g/mol. The highest BCUT2D eigenvalue weighted by molar-refractivity contribution is 7.13. The van der Waals surface area contributed by atoms with Gasteiger partial charge in [-0.15, -0.1) is 11.3 Å². The van der Waals surface area contributed by atoms with Crippen LogP contribution in [0.2, 0.25) is 0 Å².